The summed E-state index contributed by atoms with van der Waals surface area (Å²) in [7, 11) is 2.28. The van der Waals surface area contributed by atoms with E-state index in [1.165, 1.54) is 32.7 Å². The van der Waals surface area contributed by atoms with Crippen LogP contribution in [0.5, 0.6) is 5.75 Å². The van der Waals surface area contributed by atoms with E-state index < -0.39 is 0 Å². The fourth-order valence-corrected chi connectivity index (χ4v) is 5.22. The molecule has 3 unspecified atom stereocenters. The van der Waals surface area contributed by atoms with E-state index >= 15 is 0 Å². The van der Waals surface area contributed by atoms with Crippen LogP contribution in [0, 0.1) is 0 Å². The summed E-state index contributed by atoms with van der Waals surface area (Å²) in [6.07, 6.45) is 0. The van der Waals surface area contributed by atoms with Gasteiger partial charge >= 0.3 is 0 Å². The third-order valence-corrected chi connectivity index (χ3v) is 6.68. The second-order valence-corrected chi connectivity index (χ2v) is 8.37. The summed E-state index contributed by atoms with van der Waals surface area (Å²) in [5.41, 5.74) is 6.84. The smallest absolute Gasteiger partial charge is 0.115 e. The molecule has 5 heteroatoms. The maximum atomic E-state index is 9.68. The van der Waals surface area contributed by atoms with Gasteiger partial charge in [-0.3, -0.25) is 0 Å². The zero-order valence-corrected chi connectivity index (χ0v) is 17.2. The lowest BCUT2D eigenvalue weighted by Gasteiger charge is -2.19. The fourth-order valence-electron chi connectivity index (χ4n) is 3.92. The van der Waals surface area contributed by atoms with Crippen LogP contribution >= 0.6 is 22.7 Å². The van der Waals surface area contributed by atoms with E-state index in [4.69, 9.17) is 0 Å². The number of hydrogen-bond donors (Lipinski definition) is 2. The zero-order chi connectivity index (χ0) is 17.4. The van der Waals surface area contributed by atoms with Gasteiger partial charge in [-0.25, -0.2) is 0 Å². The summed E-state index contributed by atoms with van der Waals surface area (Å²) in [4.78, 5) is 1.54. The van der Waals surface area contributed by atoms with Crippen molar-refractivity contribution in [3.05, 3.63) is 80.2 Å². The number of phenolic OH excluding ortho intramolecular Hbond substituents is 1. The molecule has 0 amide bonds. The number of hydrogen-bond acceptors (Lipinski definition) is 3. The van der Waals surface area contributed by atoms with Gasteiger partial charge in [0.2, 0.25) is 0 Å². The van der Waals surface area contributed by atoms with E-state index in [1.54, 1.807) is 22.7 Å². The lowest BCUT2D eigenvalue weighted by Crippen LogP contribution is -3.10. The van der Waals surface area contributed by atoms with Gasteiger partial charge in [-0.2, -0.15) is 22.7 Å². The molecule has 1 fully saturated rings. The molecule has 26 heavy (non-hydrogen) atoms. The number of thiophene rings is 2. The van der Waals surface area contributed by atoms with Crippen LogP contribution in [-0.4, -0.2) is 24.7 Å². The van der Waals surface area contributed by atoms with Crippen LogP contribution in [0.1, 0.15) is 29.5 Å². The SMILES string of the molecule is CC1C(c2ccc(O)cc2)C(=C(c2ccsc2)c2ccsc2)C[NH+]1C.[Cl-]. The van der Waals surface area contributed by atoms with Gasteiger partial charge < -0.3 is 22.4 Å². The van der Waals surface area contributed by atoms with Crippen molar-refractivity contribution in [2.75, 3.05) is 13.6 Å². The molecule has 4 rings (SSSR count). The summed E-state index contributed by atoms with van der Waals surface area (Å²) in [6, 6.07) is 12.7. The first kappa shape index (κ1) is 19.2. The largest absolute Gasteiger partial charge is 1.00 e. The zero-order valence-electron chi connectivity index (χ0n) is 14.8. The maximum absolute atomic E-state index is 9.68. The molecule has 1 aliphatic rings. The monoisotopic (exact) mass is 403 g/mol. The molecule has 0 aliphatic carbocycles. The van der Waals surface area contributed by atoms with Gasteiger partial charge in [0.15, 0.2) is 0 Å². The Labute approximate surface area is 168 Å². The van der Waals surface area contributed by atoms with Crippen molar-refractivity contribution in [3.8, 4) is 5.75 Å². The first-order valence-corrected chi connectivity index (χ1v) is 10.4. The molecule has 3 atom stereocenters. The molecule has 1 aromatic carbocycles. The molecule has 2 nitrogen and oxygen atoms in total. The highest BCUT2D eigenvalue weighted by molar-refractivity contribution is 7.08. The van der Waals surface area contributed by atoms with Gasteiger partial charge in [-0.05, 0) is 75.0 Å². The van der Waals surface area contributed by atoms with Crippen molar-refractivity contribution in [2.24, 2.45) is 0 Å². The third kappa shape index (κ3) is 3.47. The number of nitrogens with one attached hydrogen (secondary N) is 1. The third-order valence-electron chi connectivity index (χ3n) is 5.32. The van der Waals surface area contributed by atoms with Gasteiger partial charge in [-0.1, -0.05) is 12.1 Å². The second kappa shape index (κ2) is 7.97. The molecule has 3 aromatic rings. The molecule has 136 valence electrons. The van der Waals surface area contributed by atoms with E-state index in [9.17, 15) is 5.11 Å². The minimum atomic E-state index is 0. The Balaban J connectivity index is 0.00000196. The van der Waals surface area contributed by atoms with E-state index in [2.05, 4.69) is 59.8 Å². The Morgan fingerprint density at radius 2 is 1.58 bits per heavy atom. The van der Waals surface area contributed by atoms with E-state index in [-0.39, 0.29) is 12.4 Å². The minimum absolute atomic E-state index is 0. The number of aromatic hydroxyl groups is 1. The molecule has 0 bridgehead atoms. The van der Waals surface area contributed by atoms with E-state index in [1.807, 2.05) is 12.1 Å². The lowest BCUT2D eigenvalue weighted by molar-refractivity contribution is -0.888. The van der Waals surface area contributed by atoms with Gasteiger partial charge in [0, 0.05) is 5.57 Å². The highest BCUT2D eigenvalue weighted by atomic mass is 35.5. The van der Waals surface area contributed by atoms with Crippen LogP contribution in [-0.2, 0) is 0 Å². The molecule has 2 N–H and O–H groups in total. The Kier molecular flexibility index (Phi) is 5.88. The van der Waals surface area contributed by atoms with Crippen LogP contribution in [0.15, 0.2) is 63.5 Å². The van der Waals surface area contributed by atoms with Crippen LogP contribution < -0.4 is 17.3 Å². The van der Waals surface area contributed by atoms with Crippen LogP contribution in [0.4, 0.5) is 0 Å². The topological polar surface area (TPSA) is 24.7 Å². The number of likely N-dealkylation sites (tertiary alicyclic amines) is 1. The summed E-state index contributed by atoms with van der Waals surface area (Å²) < 4.78 is 0. The maximum Gasteiger partial charge on any atom is 0.115 e. The molecule has 3 heterocycles. The average molecular weight is 404 g/mol. The predicted octanol–water partition coefficient (Wildman–Crippen LogP) is 1.02. The minimum Gasteiger partial charge on any atom is -1.00 e. The fraction of sp³-hybridized carbons (Fsp3) is 0.238. The molecule has 0 saturated carbocycles. The van der Waals surface area contributed by atoms with Crippen LogP contribution in [0.2, 0.25) is 0 Å². The van der Waals surface area contributed by atoms with Crippen molar-refractivity contribution in [1.82, 2.24) is 0 Å². The second-order valence-electron chi connectivity index (χ2n) is 6.81. The normalized spacial score (nSPS) is 22.2. The van der Waals surface area contributed by atoms with Gasteiger partial charge in [0.1, 0.15) is 12.3 Å². The summed E-state index contributed by atoms with van der Waals surface area (Å²) in [5.74, 6) is 0.701. The standard InChI is InChI=1S/C21H21NOS2.ClH/c1-14-20(15-3-5-18(23)6-4-15)19(11-22(14)2)21(16-7-9-24-12-16)17-8-10-25-13-17;/h3-10,12-14,20,23H,11H2,1-2H3;1H. The summed E-state index contributed by atoms with van der Waals surface area (Å²) in [6.45, 7) is 3.38. The molecular weight excluding hydrogens is 382 g/mol. The van der Waals surface area contributed by atoms with Crippen molar-refractivity contribution in [2.45, 2.75) is 18.9 Å². The van der Waals surface area contributed by atoms with Gasteiger partial charge in [0.05, 0.1) is 19.0 Å². The Hall–Kier alpha value is -1.59. The van der Waals surface area contributed by atoms with Gasteiger partial charge in [0.25, 0.3) is 0 Å². The van der Waals surface area contributed by atoms with Crippen molar-refractivity contribution < 1.29 is 22.4 Å². The highest BCUT2D eigenvalue weighted by Gasteiger charge is 2.39. The highest BCUT2D eigenvalue weighted by Crippen LogP contribution is 2.39. The Morgan fingerprint density at radius 1 is 1.00 bits per heavy atom. The average Bonchev–Trinajstić information content (AvgIpc) is 3.34. The summed E-state index contributed by atoms with van der Waals surface area (Å²) >= 11 is 3.51. The first-order chi connectivity index (χ1) is 12.1. The van der Waals surface area contributed by atoms with Crippen LogP contribution in [0.3, 0.4) is 0 Å². The Morgan fingerprint density at radius 3 is 2.08 bits per heavy atom. The number of benzene rings is 1. The van der Waals surface area contributed by atoms with Crippen molar-refractivity contribution >= 4 is 28.2 Å². The number of quaternary nitrogens is 1. The van der Waals surface area contributed by atoms with Crippen LogP contribution in [0.25, 0.3) is 5.57 Å². The molecule has 1 saturated heterocycles. The van der Waals surface area contributed by atoms with Gasteiger partial charge in [-0.15, -0.1) is 0 Å². The summed E-state index contributed by atoms with van der Waals surface area (Å²) in [5, 5.41) is 18.5. The van der Waals surface area contributed by atoms with Crippen molar-refractivity contribution in [1.29, 1.82) is 0 Å². The molecule has 0 radical (unpaired) electrons. The number of halogens is 1. The number of likely N-dealkylation sites (N-methyl/N-ethyl adjacent to an activating group) is 1. The molecule has 1 aliphatic heterocycles. The molecule has 2 aromatic heterocycles. The Bertz CT molecular complexity index is 833. The number of rotatable bonds is 3. The lowest BCUT2D eigenvalue weighted by atomic mass is 9.83. The van der Waals surface area contributed by atoms with E-state index in [0.29, 0.717) is 17.7 Å². The predicted molar refractivity (Wildman–Crippen MR) is 107 cm³/mol. The molecule has 0 spiro atoms. The molecular formula is C21H22ClNOS2. The van der Waals surface area contributed by atoms with E-state index in [0.717, 1.165) is 6.54 Å². The number of phenols is 1. The first-order valence-electron chi connectivity index (χ1n) is 8.54. The quantitative estimate of drug-likeness (QED) is 0.670. The van der Waals surface area contributed by atoms with Crippen molar-refractivity contribution in [3.63, 3.8) is 0 Å².